The van der Waals surface area contributed by atoms with Crippen LogP contribution in [0.4, 0.5) is 4.39 Å². The van der Waals surface area contributed by atoms with Crippen LogP contribution in [0.15, 0.2) is 35.7 Å². The van der Waals surface area contributed by atoms with Crippen molar-refractivity contribution in [1.29, 1.82) is 0 Å². The van der Waals surface area contributed by atoms with Gasteiger partial charge in [-0.1, -0.05) is 17.7 Å². The highest BCUT2D eigenvalue weighted by Gasteiger charge is 2.16. The van der Waals surface area contributed by atoms with Crippen LogP contribution in [-0.4, -0.2) is 5.11 Å². The molecule has 98 valence electrons. The molecule has 5 heteroatoms. The van der Waals surface area contributed by atoms with Crippen molar-refractivity contribution in [3.63, 3.8) is 0 Å². The Morgan fingerprint density at radius 2 is 2.11 bits per heavy atom. The van der Waals surface area contributed by atoms with Crippen LogP contribution in [0.3, 0.4) is 0 Å². The van der Waals surface area contributed by atoms with Crippen LogP contribution in [0.25, 0.3) is 9.40 Å². The fourth-order valence-electron chi connectivity index (χ4n) is 1.97. The molecule has 0 bridgehead atoms. The summed E-state index contributed by atoms with van der Waals surface area (Å²) >= 11 is 9.15. The highest BCUT2D eigenvalue weighted by atomic mass is 35.5. The minimum absolute atomic E-state index is 0.194. The standard InChI is InChI=1S/C14H10ClFOS2/c15-9-2-1-3-10(16)8(9)6-11(17)13-7-14-12(19-13)4-5-18-14/h1-5,7,11,17H,6H2. The van der Waals surface area contributed by atoms with Crippen molar-refractivity contribution in [3.8, 4) is 0 Å². The van der Waals surface area contributed by atoms with E-state index >= 15 is 0 Å². The summed E-state index contributed by atoms with van der Waals surface area (Å²) < 4.78 is 16.0. The number of rotatable bonds is 3. The van der Waals surface area contributed by atoms with Crippen molar-refractivity contribution < 1.29 is 9.50 Å². The maximum atomic E-state index is 13.7. The van der Waals surface area contributed by atoms with E-state index in [-0.39, 0.29) is 12.2 Å². The van der Waals surface area contributed by atoms with Crippen LogP contribution < -0.4 is 0 Å². The molecule has 0 aliphatic carbocycles. The van der Waals surface area contributed by atoms with E-state index in [0.717, 1.165) is 14.3 Å². The van der Waals surface area contributed by atoms with Crippen LogP contribution in [0.2, 0.25) is 5.02 Å². The van der Waals surface area contributed by atoms with Gasteiger partial charge in [0.15, 0.2) is 0 Å². The first kappa shape index (κ1) is 13.1. The minimum Gasteiger partial charge on any atom is -0.387 e. The fourth-order valence-corrected chi connectivity index (χ4v) is 4.32. The third-order valence-corrected chi connectivity index (χ3v) is 5.49. The predicted molar refractivity (Wildman–Crippen MR) is 79.8 cm³/mol. The topological polar surface area (TPSA) is 20.2 Å². The number of aliphatic hydroxyl groups is 1. The minimum atomic E-state index is -0.723. The van der Waals surface area contributed by atoms with Gasteiger partial charge >= 0.3 is 0 Å². The molecule has 0 radical (unpaired) electrons. The van der Waals surface area contributed by atoms with E-state index in [2.05, 4.69) is 0 Å². The lowest BCUT2D eigenvalue weighted by Crippen LogP contribution is -2.02. The van der Waals surface area contributed by atoms with Gasteiger partial charge in [-0.25, -0.2) is 4.39 Å². The Balaban J connectivity index is 1.88. The molecule has 1 aromatic carbocycles. The van der Waals surface area contributed by atoms with Gasteiger partial charge in [-0.05, 0) is 29.6 Å². The number of thiophene rings is 2. The molecular formula is C14H10ClFOS2. The predicted octanol–water partition coefficient (Wildman–Crippen LogP) is 5.03. The summed E-state index contributed by atoms with van der Waals surface area (Å²) in [5.41, 5.74) is 0.369. The number of halogens is 2. The first-order chi connectivity index (χ1) is 9.15. The Labute approximate surface area is 122 Å². The van der Waals surface area contributed by atoms with Gasteiger partial charge in [0.25, 0.3) is 0 Å². The highest BCUT2D eigenvalue weighted by molar-refractivity contribution is 7.26. The molecule has 2 aromatic heterocycles. The van der Waals surface area contributed by atoms with Crippen LogP contribution in [0.1, 0.15) is 16.5 Å². The molecule has 0 saturated carbocycles. The van der Waals surface area contributed by atoms with Crippen molar-refractivity contribution in [2.75, 3.05) is 0 Å². The second-order valence-electron chi connectivity index (χ2n) is 4.22. The van der Waals surface area contributed by atoms with E-state index in [4.69, 9.17) is 11.6 Å². The van der Waals surface area contributed by atoms with E-state index in [1.54, 1.807) is 23.5 Å². The van der Waals surface area contributed by atoms with Gasteiger partial charge in [-0.2, -0.15) is 0 Å². The van der Waals surface area contributed by atoms with Crippen molar-refractivity contribution in [2.45, 2.75) is 12.5 Å². The number of fused-ring (bicyclic) bond motifs is 1. The Kier molecular flexibility index (Phi) is 3.58. The molecule has 0 fully saturated rings. The number of benzene rings is 1. The van der Waals surface area contributed by atoms with Crippen LogP contribution in [0.5, 0.6) is 0 Å². The average Bonchev–Trinajstić information content (AvgIpc) is 2.94. The molecule has 1 unspecified atom stereocenters. The van der Waals surface area contributed by atoms with Gasteiger partial charge < -0.3 is 5.11 Å². The summed E-state index contributed by atoms with van der Waals surface area (Å²) in [5, 5.41) is 12.6. The molecule has 19 heavy (non-hydrogen) atoms. The highest BCUT2D eigenvalue weighted by Crippen LogP contribution is 2.35. The summed E-state index contributed by atoms with van der Waals surface area (Å²) in [5.74, 6) is -0.370. The molecule has 1 N–H and O–H groups in total. The van der Waals surface area contributed by atoms with Gasteiger partial charge in [-0.3, -0.25) is 0 Å². The van der Waals surface area contributed by atoms with Gasteiger partial charge in [0, 0.05) is 31.3 Å². The van der Waals surface area contributed by atoms with E-state index in [9.17, 15) is 9.50 Å². The number of hydrogen-bond donors (Lipinski definition) is 1. The molecule has 0 spiro atoms. The lowest BCUT2D eigenvalue weighted by molar-refractivity contribution is 0.181. The van der Waals surface area contributed by atoms with E-state index in [0.29, 0.717) is 10.6 Å². The van der Waals surface area contributed by atoms with Crippen LogP contribution in [0, 0.1) is 5.82 Å². The summed E-state index contributed by atoms with van der Waals surface area (Å²) in [7, 11) is 0. The molecule has 0 saturated heterocycles. The van der Waals surface area contributed by atoms with E-state index in [1.165, 1.54) is 17.4 Å². The Hall–Kier alpha value is -0.940. The zero-order chi connectivity index (χ0) is 13.4. The van der Waals surface area contributed by atoms with Gasteiger partial charge in [-0.15, -0.1) is 22.7 Å². The molecule has 1 nitrogen and oxygen atoms in total. The summed E-state index contributed by atoms with van der Waals surface area (Å²) in [4.78, 5) is 0.848. The molecule has 2 heterocycles. The Morgan fingerprint density at radius 1 is 1.26 bits per heavy atom. The molecule has 3 aromatic rings. The molecule has 0 aliphatic heterocycles. The zero-order valence-electron chi connectivity index (χ0n) is 9.77. The zero-order valence-corrected chi connectivity index (χ0v) is 12.2. The number of aliphatic hydroxyl groups excluding tert-OH is 1. The molecule has 1 atom stereocenters. The van der Waals surface area contributed by atoms with Gasteiger partial charge in [0.1, 0.15) is 5.82 Å². The Bertz CT molecular complexity index is 670. The molecular weight excluding hydrogens is 303 g/mol. The third kappa shape index (κ3) is 2.54. The normalized spacial score (nSPS) is 13.0. The first-order valence-corrected chi connectivity index (χ1v) is 7.80. The monoisotopic (exact) mass is 312 g/mol. The second-order valence-corrected chi connectivity index (χ2v) is 6.69. The summed E-state index contributed by atoms with van der Waals surface area (Å²) in [6.45, 7) is 0. The summed E-state index contributed by atoms with van der Waals surface area (Å²) in [6, 6.07) is 8.55. The maximum absolute atomic E-state index is 13.7. The van der Waals surface area contributed by atoms with Crippen LogP contribution in [-0.2, 0) is 6.42 Å². The van der Waals surface area contributed by atoms with Crippen molar-refractivity contribution in [2.24, 2.45) is 0 Å². The van der Waals surface area contributed by atoms with E-state index in [1.807, 2.05) is 17.5 Å². The van der Waals surface area contributed by atoms with Crippen molar-refractivity contribution in [1.82, 2.24) is 0 Å². The smallest absolute Gasteiger partial charge is 0.127 e. The lowest BCUT2D eigenvalue weighted by Gasteiger charge is -2.10. The van der Waals surface area contributed by atoms with Crippen LogP contribution >= 0.6 is 34.3 Å². The third-order valence-electron chi connectivity index (χ3n) is 2.95. The quantitative estimate of drug-likeness (QED) is 0.719. The average molecular weight is 313 g/mol. The van der Waals surface area contributed by atoms with E-state index < -0.39 is 6.10 Å². The largest absolute Gasteiger partial charge is 0.387 e. The Morgan fingerprint density at radius 3 is 2.84 bits per heavy atom. The van der Waals surface area contributed by atoms with Gasteiger partial charge in [0.2, 0.25) is 0 Å². The summed E-state index contributed by atoms with van der Waals surface area (Å²) in [6.07, 6.45) is -0.529. The van der Waals surface area contributed by atoms with Crippen molar-refractivity contribution in [3.05, 3.63) is 57.0 Å². The SMILES string of the molecule is OC(Cc1c(F)cccc1Cl)c1cc2sccc2s1. The molecule has 0 aliphatic rings. The molecule has 0 amide bonds. The maximum Gasteiger partial charge on any atom is 0.127 e. The number of hydrogen-bond acceptors (Lipinski definition) is 3. The lowest BCUT2D eigenvalue weighted by atomic mass is 10.1. The second kappa shape index (κ2) is 5.21. The fraction of sp³-hybridized carbons (Fsp3) is 0.143. The first-order valence-electron chi connectivity index (χ1n) is 5.73. The van der Waals surface area contributed by atoms with Gasteiger partial charge in [0.05, 0.1) is 6.10 Å². The van der Waals surface area contributed by atoms with Crippen molar-refractivity contribution >= 4 is 43.7 Å². The molecule has 3 rings (SSSR count).